The molecule has 0 spiro atoms. The molecule has 0 saturated carbocycles. The molecule has 0 unspecified atom stereocenters. The number of carboxylic acids is 1. The number of hydrogen-bond donors (Lipinski definition) is 4. The van der Waals surface area contributed by atoms with Gasteiger partial charge < -0.3 is 16.6 Å². The summed E-state index contributed by atoms with van der Waals surface area (Å²) in [7, 11) is -3.82. The number of carbonyl (C=O) groups is 1. The maximum Gasteiger partial charge on any atom is 0.336 e. The molecule has 7 N–H and O–H groups in total. The van der Waals surface area contributed by atoms with Gasteiger partial charge in [-0.2, -0.15) is 0 Å². The van der Waals surface area contributed by atoms with Crippen molar-refractivity contribution in [3.63, 3.8) is 0 Å². The predicted octanol–water partition coefficient (Wildman–Crippen LogP) is 0.604. The van der Waals surface area contributed by atoms with E-state index < -0.39 is 16.0 Å². The first kappa shape index (κ1) is 16.5. The van der Waals surface area contributed by atoms with E-state index in [1.807, 2.05) is 0 Å². The fraction of sp³-hybridized carbons (Fsp3) is 0. The second-order valence-corrected chi connectivity index (χ2v) is 6.20. The number of carboxylic acid groups (broad SMARTS) is 1. The monoisotopic (exact) mass is 334 g/mol. The number of guanidine groups is 1. The van der Waals surface area contributed by atoms with Crippen LogP contribution in [0.4, 0.5) is 5.69 Å². The molecule has 120 valence electrons. The summed E-state index contributed by atoms with van der Waals surface area (Å²) in [4.78, 5) is 15.1. The fourth-order valence-corrected chi connectivity index (χ4v) is 2.52. The van der Waals surface area contributed by atoms with Gasteiger partial charge in [-0.3, -0.25) is 0 Å². The first-order chi connectivity index (χ1) is 10.7. The Balaban J connectivity index is 2.60. The van der Waals surface area contributed by atoms with E-state index in [9.17, 15) is 18.3 Å². The lowest BCUT2D eigenvalue weighted by Gasteiger charge is -2.08. The maximum absolute atomic E-state index is 11.4. The third-order valence-corrected chi connectivity index (χ3v) is 3.91. The number of rotatable bonds is 4. The van der Waals surface area contributed by atoms with E-state index in [-0.39, 0.29) is 16.4 Å². The Hall–Kier alpha value is -2.91. The van der Waals surface area contributed by atoms with E-state index >= 15 is 0 Å². The van der Waals surface area contributed by atoms with Gasteiger partial charge in [0.1, 0.15) is 0 Å². The second kappa shape index (κ2) is 6.07. The van der Waals surface area contributed by atoms with Crippen LogP contribution in [0.25, 0.3) is 11.1 Å². The van der Waals surface area contributed by atoms with Crippen LogP contribution >= 0.6 is 0 Å². The van der Waals surface area contributed by atoms with Crippen molar-refractivity contribution < 1.29 is 18.3 Å². The van der Waals surface area contributed by atoms with Crippen molar-refractivity contribution in [1.82, 2.24) is 0 Å². The molecule has 0 amide bonds. The van der Waals surface area contributed by atoms with Crippen LogP contribution in [0.5, 0.6) is 0 Å². The molecule has 0 aliphatic rings. The Bertz CT molecular complexity index is 885. The Kier molecular flexibility index (Phi) is 4.34. The van der Waals surface area contributed by atoms with Crippen LogP contribution in [-0.2, 0) is 10.0 Å². The first-order valence-corrected chi connectivity index (χ1v) is 7.83. The van der Waals surface area contributed by atoms with Gasteiger partial charge in [-0.15, -0.1) is 0 Å². The van der Waals surface area contributed by atoms with E-state index in [1.54, 1.807) is 0 Å². The number of sulfonamides is 1. The molecule has 0 radical (unpaired) electrons. The maximum atomic E-state index is 11.4. The van der Waals surface area contributed by atoms with Crippen LogP contribution in [0.15, 0.2) is 52.4 Å². The molecule has 0 heterocycles. The van der Waals surface area contributed by atoms with E-state index in [0.29, 0.717) is 16.8 Å². The topological polar surface area (TPSA) is 162 Å². The van der Waals surface area contributed by atoms with Gasteiger partial charge in [0.05, 0.1) is 16.1 Å². The SMILES string of the molecule is NC(N)=Nc1ccc(C(=O)O)c(-c2ccc(S(N)(=O)=O)cc2)c1. The van der Waals surface area contributed by atoms with Crippen LogP contribution in [0, 0.1) is 0 Å². The van der Waals surface area contributed by atoms with Gasteiger partial charge in [0.25, 0.3) is 0 Å². The van der Waals surface area contributed by atoms with E-state index in [0.717, 1.165) is 0 Å². The zero-order valence-corrected chi connectivity index (χ0v) is 12.6. The molecule has 0 saturated heterocycles. The molecule has 0 bridgehead atoms. The van der Waals surface area contributed by atoms with Crippen LogP contribution in [0.1, 0.15) is 10.4 Å². The smallest absolute Gasteiger partial charge is 0.336 e. The fourth-order valence-electron chi connectivity index (χ4n) is 2.00. The molecule has 9 heteroatoms. The molecule has 8 nitrogen and oxygen atoms in total. The van der Waals surface area contributed by atoms with Gasteiger partial charge in [-0.05, 0) is 41.5 Å². The van der Waals surface area contributed by atoms with Gasteiger partial charge >= 0.3 is 5.97 Å². The molecule has 2 aromatic rings. The lowest BCUT2D eigenvalue weighted by Crippen LogP contribution is -2.21. The van der Waals surface area contributed by atoms with Crippen LogP contribution < -0.4 is 16.6 Å². The molecular weight excluding hydrogens is 320 g/mol. The molecule has 2 aromatic carbocycles. The van der Waals surface area contributed by atoms with Gasteiger partial charge in [0.15, 0.2) is 5.96 Å². The largest absolute Gasteiger partial charge is 0.478 e. The molecule has 0 atom stereocenters. The van der Waals surface area contributed by atoms with E-state index in [1.165, 1.54) is 42.5 Å². The molecule has 0 fully saturated rings. The van der Waals surface area contributed by atoms with E-state index in [4.69, 9.17) is 16.6 Å². The van der Waals surface area contributed by atoms with Crippen molar-refractivity contribution in [2.24, 2.45) is 21.6 Å². The zero-order chi connectivity index (χ0) is 17.2. The predicted molar refractivity (Wildman–Crippen MR) is 85.7 cm³/mol. The first-order valence-electron chi connectivity index (χ1n) is 6.28. The molecule has 23 heavy (non-hydrogen) atoms. The molecule has 2 rings (SSSR count). The molecule has 0 aliphatic heterocycles. The van der Waals surface area contributed by atoms with Gasteiger partial charge in [0.2, 0.25) is 10.0 Å². The quantitative estimate of drug-likeness (QED) is 0.473. The number of aromatic carboxylic acids is 1. The molecular formula is C14H14N4O4S. The normalized spacial score (nSPS) is 11.0. The summed E-state index contributed by atoms with van der Waals surface area (Å²) in [5.41, 5.74) is 11.9. The van der Waals surface area contributed by atoms with Crippen molar-refractivity contribution in [2.75, 3.05) is 0 Å². The average molecular weight is 334 g/mol. The minimum atomic E-state index is -3.82. The summed E-state index contributed by atoms with van der Waals surface area (Å²) in [5, 5.41) is 14.3. The summed E-state index contributed by atoms with van der Waals surface area (Å²) in [6.07, 6.45) is 0. The highest BCUT2D eigenvalue weighted by molar-refractivity contribution is 7.89. The average Bonchev–Trinajstić information content (AvgIpc) is 2.45. The lowest BCUT2D eigenvalue weighted by molar-refractivity contribution is 0.0697. The molecule has 0 aliphatic carbocycles. The Morgan fingerprint density at radius 3 is 2.13 bits per heavy atom. The number of nitrogens with zero attached hydrogens (tertiary/aromatic N) is 1. The standard InChI is InChI=1S/C14H14N4O4S/c15-14(16)18-9-3-6-11(13(19)20)12(7-9)8-1-4-10(5-2-8)23(17,21)22/h1-7H,(H,19,20)(H4,15,16,18)(H2,17,21,22). The zero-order valence-electron chi connectivity index (χ0n) is 11.8. The third kappa shape index (κ3) is 3.84. The summed E-state index contributed by atoms with van der Waals surface area (Å²) in [6.45, 7) is 0. The van der Waals surface area contributed by atoms with Crippen molar-refractivity contribution in [3.8, 4) is 11.1 Å². The number of hydrogen-bond acceptors (Lipinski definition) is 4. The highest BCUT2D eigenvalue weighted by Crippen LogP contribution is 2.29. The van der Waals surface area contributed by atoms with Crippen molar-refractivity contribution in [1.29, 1.82) is 0 Å². The third-order valence-electron chi connectivity index (χ3n) is 2.99. The van der Waals surface area contributed by atoms with Gasteiger partial charge in [-0.25, -0.2) is 23.3 Å². The Morgan fingerprint density at radius 1 is 1.04 bits per heavy atom. The number of primary sulfonamides is 1. The lowest BCUT2D eigenvalue weighted by atomic mass is 9.99. The van der Waals surface area contributed by atoms with Gasteiger partial charge in [-0.1, -0.05) is 12.1 Å². The minimum absolute atomic E-state index is 0.0305. The molecule has 0 aromatic heterocycles. The van der Waals surface area contributed by atoms with Gasteiger partial charge in [0, 0.05) is 0 Å². The van der Waals surface area contributed by atoms with Crippen LogP contribution in [0.2, 0.25) is 0 Å². The number of nitrogens with two attached hydrogens (primary N) is 3. The summed E-state index contributed by atoms with van der Waals surface area (Å²) in [5.74, 6) is -1.30. The van der Waals surface area contributed by atoms with Crippen molar-refractivity contribution in [3.05, 3.63) is 48.0 Å². The minimum Gasteiger partial charge on any atom is -0.478 e. The van der Waals surface area contributed by atoms with Crippen molar-refractivity contribution >= 4 is 27.6 Å². The Morgan fingerprint density at radius 2 is 1.65 bits per heavy atom. The summed E-state index contributed by atoms with van der Waals surface area (Å²) in [6, 6.07) is 9.84. The highest BCUT2D eigenvalue weighted by atomic mass is 32.2. The summed E-state index contributed by atoms with van der Waals surface area (Å²) < 4.78 is 22.5. The highest BCUT2D eigenvalue weighted by Gasteiger charge is 2.14. The van der Waals surface area contributed by atoms with Crippen LogP contribution in [0.3, 0.4) is 0 Å². The Labute approximate surface area is 132 Å². The van der Waals surface area contributed by atoms with Crippen molar-refractivity contribution in [2.45, 2.75) is 4.90 Å². The second-order valence-electron chi connectivity index (χ2n) is 4.64. The van der Waals surface area contributed by atoms with Crippen LogP contribution in [-0.4, -0.2) is 25.5 Å². The van der Waals surface area contributed by atoms with E-state index in [2.05, 4.69) is 4.99 Å². The number of benzene rings is 2. The summed E-state index contributed by atoms with van der Waals surface area (Å²) >= 11 is 0. The number of aliphatic imine (C=N–C) groups is 1.